The summed E-state index contributed by atoms with van der Waals surface area (Å²) in [7, 11) is 0. The van der Waals surface area contributed by atoms with Crippen molar-refractivity contribution in [2.45, 2.75) is 0 Å². The van der Waals surface area contributed by atoms with Gasteiger partial charge in [-0.25, -0.2) is 10.2 Å². The van der Waals surface area contributed by atoms with Crippen LogP contribution in [0.25, 0.3) is 0 Å². The number of rotatable bonds is 1. The quantitative estimate of drug-likeness (QED) is 0.283. The summed E-state index contributed by atoms with van der Waals surface area (Å²) in [5.74, 6) is 2.07. The molecule has 0 spiro atoms. The summed E-state index contributed by atoms with van der Waals surface area (Å²) < 4.78 is 12.8. The van der Waals surface area contributed by atoms with Gasteiger partial charge in [0.25, 0.3) is 0 Å². The average molecular weight is 232 g/mol. The Bertz CT molecular complexity index is 391. The van der Waals surface area contributed by atoms with E-state index >= 15 is 0 Å². The maximum Gasteiger partial charge on any atom is 0.323 e. The minimum Gasteiger partial charge on any atom is -0.318 e. The van der Waals surface area contributed by atoms with E-state index in [4.69, 9.17) is 17.4 Å². The van der Waals surface area contributed by atoms with Gasteiger partial charge in [-0.05, 0) is 18.2 Å². The number of hydrogen-bond donors (Lipinski definition) is 3. The van der Waals surface area contributed by atoms with E-state index in [9.17, 15) is 14.0 Å². The van der Waals surface area contributed by atoms with Crippen LogP contribution >= 0.6 is 11.6 Å². The Kier molecular flexibility index (Phi) is 3.59. The Balaban J connectivity index is 2.81. The first-order valence-corrected chi connectivity index (χ1v) is 4.18. The van der Waals surface area contributed by atoms with E-state index in [0.717, 1.165) is 12.1 Å². The van der Waals surface area contributed by atoms with Gasteiger partial charge in [0, 0.05) is 10.7 Å². The van der Waals surface area contributed by atoms with Crippen LogP contribution in [-0.4, -0.2) is 11.8 Å². The first kappa shape index (κ1) is 11.4. The van der Waals surface area contributed by atoms with Crippen molar-refractivity contribution < 1.29 is 14.0 Å². The lowest BCUT2D eigenvalue weighted by Crippen LogP contribution is -2.39. The highest BCUT2D eigenvalue weighted by atomic mass is 35.5. The van der Waals surface area contributed by atoms with Crippen LogP contribution < -0.4 is 16.6 Å². The molecule has 0 radical (unpaired) electrons. The normalized spacial score (nSPS) is 9.53. The van der Waals surface area contributed by atoms with Gasteiger partial charge in [-0.3, -0.25) is 15.0 Å². The topological polar surface area (TPSA) is 84.2 Å². The first-order valence-electron chi connectivity index (χ1n) is 3.81. The largest absolute Gasteiger partial charge is 0.323 e. The Hall–Kier alpha value is -1.66. The van der Waals surface area contributed by atoms with Crippen LogP contribution in [0.1, 0.15) is 0 Å². The minimum atomic E-state index is -1.03. The molecule has 1 aromatic carbocycles. The van der Waals surface area contributed by atoms with Gasteiger partial charge in [0.1, 0.15) is 5.82 Å². The lowest BCUT2D eigenvalue weighted by atomic mass is 10.3. The molecular formula is C8H7ClFN3O2. The fraction of sp³-hybridized carbons (Fsp3) is 0. The van der Waals surface area contributed by atoms with Crippen LogP contribution in [0.2, 0.25) is 5.02 Å². The van der Waals surface area contributed by atoms with E-state index < -0.39 is 17.6 Å². The Morgan fingerprint density at radius 1 is 1.27 bits per heavy atom. The molecule has 2 amide bonds. The molecule has 0 saturated heterocycles. The molecule has 80 valence electrons. The van der Waals surface area contributed by atoms with Crippen molar-refractivity contribution in [1.29, 1.82) is 0 Å². The molecule has 1 aromatic rings. The third-order valence-electron chi connectivity index (χ3n) is 1.46. The van der Waals surface area contributed by atoms with Gasteiger partial charge in [-0.1, -0.05) is 11.6 Å². The minimum absolute atomic E-state index is 0.0774. The molecule has 7 heteroatoms. The van der Waals surface area contributed by atoms with Crippen molar-refractivity contribution in [2.75, 3.05) is 5.32 Å². The van der Waals surface area contributed by atoms with Crippen LogP contribution in [-0.2, 0) is 9.59 Å². The van der Waals surface area contributed by atoms with Crippen molar-refractivity contribution in [2.24, 2.45) is 5.84 Å². The summed E-state index contributed by atoms with van der Waals surface area (Å²) in [5.41, 5.74) is 1.71. The molecule has 0 bridgehead atoms. The SMILES string of the molecule is NNC(=O)C(=O)Nc1cc(F)cc(Cl)c1. The van der Waals surface area contributed by atoms with Gasteiger partial charge in [0.2, 0.25) is 0 Å². The molecule has 0 heterocycles. The highest BCUT2D eigenvalue weighted by Crippen LogP contribution is 2.17. The van der Waals surface area contributed by atoms with E-state index in [1.807, 2.05) is 0 Å². The second-order valence-corrected chi connectivity index (χ2v) is 3.02. The predicted octanol–water partition coefficient (Wildman–Crippen LogP) is 0.407. The zero-order valence-corrected chi connectivity index (χ0v) is 8.14. The standard InChI is InChI=1S/C8H7ClFN3O2/c9-4-1-5(10)3-6(2-4)12-7(14)8(15)13-11/h1-3H,11H2,(H,12,14)(H,13,15). The maximum absolute atomic E-state index is 12.8. The third kappa shape index (κ3) is 3.19. The van der Waals surface area contributed by atoms with Crippen LogP contribution in [0, 0.1) is 5.82 Å². The predicted molar refractivity (Wildman–Crippen MR) is 52.4 cm³/mol. The second kappa shape index (κ2) is 4.72. The van der Waals surface area contributed by atoms with Gasteiger partial charge in [0.15, 0.2) is 0 Å². The van der Waals surface area contributed by atoms with Gasteiger partial charge in [-0.15, -0.1) is 0 Å². The molecule has 0 saturated carbocycles. The number of carbonyl (C=O) groups is 2. The molecule has 15 heavy (non-hydrogen) atoms. The van der Waals surface area contributed by atoms with Crippen molar-refractivity contribution in [3.63, 3.8) is 0 Å². The highest BCUT2D eigenvalue weighted by molar-refractivity contribution is 6.39. The molecule has 0 unspecified atom stereocenters. The average Bonchev–Trinajstić information content (AvgIpc) is 2.14. The number of amides is 2. The first-order chi connectivity index (χ1) is 7.02. The van der Waals surface area contributed by atoms with E-state index in [0.29, 0.717) is 0 Å². The number of anilines is 1. The van der Waals surface area contributed by atoms with Gasteiger partial charge in [-0.2, -0.15) is 0 Å². The number of nitrogens with two attached hydrogens (primary N) is 1. The monoisotopic (exact) mass is 231 g/mol. The van der Waals surface area contributed by atoms with Crippen molar-refractivity contribution in [3.8, 4) is 0 Å². The van der Waals surface area contributed by atoms with E-state index in [-0.39, 0.29) is 10.7 Å². The van der Waals surface area contributed by atoms with Crippen molar-refractivity contribution >= 4 is 29.1 Å². The lowest BCUT2D eigenvalue weighted by molar-refractivity contribution is -0.136. The molecule has 1 rings (SSSR count). The molecule has 0 fully saturated rings. The number of benzene rings is 1. The number of halogens is 2. The summed E-state index contributed by atoms with van der Waals surface area (Å²) in [6, 6.07) is 3.39. The van der Waals surface area contributed by atoms with E-state index in [1.165, 1.54) is 6.07 Å². The van der Waals surface area contributed by atoms with Crippen LogP contribution in [0.4, 0.5) is 10.1 Å². The summed E-state index contributed by atoms with van der Waals surface area (Å²) in [6.07, 6.45) is 0. The lowest BCUT2D eigenvalue weighted by Gasteiger charge is -2.04. The second-order valence-electron chi connectivity index (χ2n) is 2.59. The van der Waals surface area contributed by atoms with Crippen molar-refractivity contribution in [3.05, 3.63) is 29.0 Å². The van der Waals surface area contributed by atoms with Gasteiger partial charge >= 0.3 is 11.8 Å². The summed E-state index contributed by atoms with van der Waals surface area (Å²) in [4.78, 5) is 21.7. The fourth-order valence-corrected chi connectivity index (χ4v) is 1.10. The Morgan fingerprint density at radius 3 is 2.47 bits per heavy atom. The fourth-order valence-electron chi connectivity index (χ4n) is 0.879. The molecule has 4 N–H and O–H groups in total. The maximum atomic E-state index is 12.8. The van der Waals surface area contributed by atoms with Crippen LogP contribution in [0.15, 0.2) is 18.2 Å². The summed E-state index contributed by atoms with van der Waals surface area (Å²) in [5, 5.41) is 2.23. The molecular weight excluding hydrogens is 225 g/mol. The van der Waals surface area contributed by atoms with Gasteiger partial charge in [0.05, 0.1) is 0 Å². The Labute approximate surface area is 89.4 Å². The van der Waals surface area contributed by atoms with E-state index in [1.54, 1.807) is 5.43 Å². The third-order valence-corrected chi connectivity index (χ3v) is 1.68. The number of hydrogen-bond acceptors (Lipinski definition) is 3. The zero-order valence-electron chi connectivity index (χ0n) is 7.38. The molecule has 0 aromatic heterocycles. The molecule has 0 aliphatic carbocycles. The number of carbonyl (C=O) groups excluding carboxylic acids is 2. The summed E-state index contributed by atoms with van der Waals surface area (Å²) in [6.45, 7) is 0. The highest BCUT2D eigenvalue weighted by Gasteiger charge is 2.12. The summed E-state index contributed by atoms with van der Waals surface area (Å²) >= 11 is 5.53. The zero-order chi connectivity index (χ0) is 11.4. The van der Waals surface area contributed by atoms with Crippen LogP contribution in [0.3, 0.4) is 0 Å². The number of hydrazine groups is 1. The molecule has 5 nitrogen and oxygen atoms in total. The molecule has 0 aliphatic rings. The van der Waals surface area contributed by atoms with E-state index in [2.05, 4.69) is 5.32 Å². The molecule has 0 atom stereocenters. The van der Waals surface area contributed by atoms with Crippen LogP contribution in [0.5, 0.6) is 0 Å². The Morgan fingerprint density at radius 2 is 1.93 bits per heavy atom. The molecule has 0 aliphatic heterocycles. The number of nitrogens with one attached hydrogen (secondary N) is 2. The van der Waals surface area contributed by atoms with Gasteiger partial charge < -0.3 is 5.32 Å². The smallest absolute Gasteiger partial charge is 0.318 e. The van der Waals surface area contributed by atoms with Crippen molar-refractivity contribution in [1.82, 2.24) is 5.43 Å².